The van der Waals surface area contributed by atoms with Crippen LogP contribution in [0.2, 0.25) is 5.02 Å². The Morgan fingerprint density at radius 3 is 2.57 bits per heavy atom. The van der Waals surface area contributed by atoms with E-state index in [-0.39, 0.29) is 17.8 Å². The smallest absolute Gasteiger partial charge is 0.309 e. The van der Waals surface area contributed by atoms with Crippen molar-refractivity contribution in [1.29, 1.82) is 0 Å². The van der Waals surface area contributed by atoms with Gasteiger partial charge >= 0.3 is 5.97 Å². The largest absolute Gasteiger partial charge is 0.489 e. The van der Waals surface area contributed by atoms with E-state index in [1.807, 2.05) is 103 Å². The number of para-hydroxylation sites is 1. The number of halogens is 1. The molecule has 0 N–H and O–H groups in total. The second-order valence-electron chi connectivity index (χ2n) is 10.5. The maximum atomic E-state index is 13.1. The quantitative estimate of drug-likeness (QED) is 0.153. The summed E-state index contributed by atoms with van der Waals surface area (Å²) in [6.07, 6.45) is 5.14. The predicted octanol–water partition coefficient (Wildman–Crippen LogP) is 7.02. The number of carbonyl (C=O) groups is 2. The Morgan fingerprint density at radius 1 is 1.05 bits per heavy atom. The molecule has 44 heavy (non-hydrogen) atoms. The van der Waals surface area contributed by atoms with Crippen LogP contribution >= 0.6 is 23.4 Å². The second-order valence-corrected chi connectivity index (χ2v) is 11.9. The molecule has 6 rings (SSSR count). The van der Waals surface area contributed by atoms with Gasteiger partial charge in [-0.3, -0.25) is 9.59 Å². The highest BCUT2D eigenvalue weighted by molar-refractivity contribution is 8.18. The molecule has 0 aliphatic carbocycles. The minimum absolute atomic E-state index is 0.110. The van der Waals surface area contributed by atoms with Crippen LogP contribution in [-0.2, 0) is 20.9 Å². The maximum Gasteiger partial charge on any atom is 0.309 e. The molecule has 0 unspecified atom stereocenters. The van der Waals surface area contributed by atoms with E-state index in [9.17, 15) is 9.59 Å². The number of aliphatic imine (C=N–C) groups is 1. The van der Waals surface area contributed by atoms with Crippen molar-refractivity contribution in [2.45, 2.75) is 26.4 Å². The lowest BCUT2D eigenvalue weighted by atomic mass is 9.97. The number of amidine groups is 1. The number of thioether (sulfide) groups is 1. The minimum atomic E-state index is -0.282. The van der Waals surface area contributed by atoms with Gasteiger partial charge in [-0.25, -0.2) is 4.68 Å². The highest BCUT2D eigenvalue weighted by Crippen LogP contribution is 2.35. The zero-order valence-corrected chi connectivity index (χ0v) is 25.8. The van der Waals surface area contributed by atoms with Crippen LogP contribution in [0.25, 0.3) is 23.0 Å². The molecule has 4 aromatic rings. The first kappa shape index (κ1) is 29.7. The number of likely N-dealkylation sites (tertiary alicyclic amines) is 1. The van der Waals surface area contributed by atoms with Crippen LogP contribution in [-0.4, -0.2) is 51.4 Å². The molecule has 1 amide bonds. The lowest BCUT2D eigenvalue weighted by molar-refractivity contribution is -0.149. The van der Waals surface area contributed by atoms with Crippen LogP contribution in [0.5, 0.6) is 5.75 Å². The van der Waals surface area contributed by atoms with Gasteiger partial charge in [0.05, 0.1) is 23.1 Å². The Balaban J connectivity index is 1.24. The molecule has 0 atom stereocenters. The standard InChI is InChI=1S/C34H31ClN4O4S/c1-2-42-33(41)24-15-17-38(18-16-24)34-36-32(40)30(44-34)20-26-21-39(28-8-4-3-5-9-28)37-31(26)25-7-6-10-29(19-25)43-22-23-11-13-27(35)14-12-23/h3-14,19-21,24H,2,15-18,22H2,1H3/b30-20-. The average molecular weight is 627 g/mol. The Bertz CT molecular complexity index is 1710. The number of nitrogens with zero attached hydrogens (tertiary/aromatic N) is 4. The predicted molar refractivity (Wildman–Crippen MR) is 174 cm³/mol. The molecule has 0 saturated carbocycles. The monoisotopic (exact) mass is 626 g/mol. The zero-order valence-electron chi connectivity index (χ0n) is 24.2. The van der Waals surface area contributed by atoms with E-state index in [0.717, 1.165) is 28.1 Å². The van der Waals surface area contributed by atoms with Crippen molar-refractivity contribution in [3.63, 3.8) is 0 Å². The molecule has 8 nitrogen and oxygen atoms in total. The molecule has 0 bridgehead atoms. The highest BCUT2D eigenvalue weighted by atomic mass is 35.5. The van der Waals surface area contributed by atoms with Gasteiger partial charge in [0, 0.05) is 35.4 Å². The summed E-state index contributed by atoms with van der Waals surface area (Å²) in [5, 5.41) is 6.27. The summed E-state index contributed by atoms with van der Waals surface area (Å²) in [7, 11) is 0. The number of hydrogen-bond donors (Lipinski definition) is 0. The summed E-state index contributed by atoms with van der Waals surface area (Å²) >= 11 is 7.38. The van der Waals surface area contributed by atoms with Crippen LogP contribution in [0.4, 0.5) is 0 Å². The van der Waals surface area contributed by atoms with Crippen LogP contribution in [0.15, 0.2) is 95.0 Å². The van der Waals surface area contributed by atoms with Crippen molar-refractivity contribution < 1.29 is 19.1 Å². The molecular formula is C34H31ClN4O4S. The van der Waals surface area contributed by atoms with Crippen LogP contribution in [0.1, 0.15) is 30.9 Å². The van der Waals surface area contributed by atoms with Gasteiger partial charge < -0.3 is 14.4 Å². The first-order valence-corrected chi connectivity index (χ1v) is 15.7. The number of amides is 1. The SMILES string of the molecule is CCOC(=O)C1CCN(C2=NC(=O)/C(=C/c3cn(-c4ccccc4)nc3-c3cccc(OCc4ccc(Cl)cc4)c3)S2)CC1. The molecule has 1 saturated heterocycles. The number of rotatable bonds is 8. The molecule has 1 fully saturated rings. The van der Waals surface area contributed by atoms with Gasteiger partial charge in [-0.1, -0.05) is 54.1 Å². The summed E-state index contributed by atoms with van der Waals surface area (Å²) in [5.74, 6) is 0.165. The number of aromatic nitrogens is 2. The fourth-order valence-corrected chi connectivity index (χ4v) is 6.23. The van der Waals surface area contributed by atoms with Crippen LogP contribution < -0.4 is 4.74 Å². The van der Waals surface area contributed by atoms with Gasteiger partial charge in [-0.15, -0.1) is 0 Å². The molecule has 2 aliphatic heterocycles. The minimum Gasteiger partial charge on any atom is -0.489 e. The molecule has 10 heteroatoms. The topological polar surface area (TPSA) is 86.0 Å². The third-order valence-corrected chi connectivity index (χ3v) is 8.77. The third kappa shape index (κ3) is 6.90. The Hall–Kier alpha value is -4.34. The van der Waals surface area contributed by atoms with E-state index in [0.29, 0.717) is 60.0 Å². The van der Waals surface area contributed by atoms with E-state index in [1.54, 1.807) is 0 Å². The van der Waals surface area contributed by atoms with Gasteiger partial charge in [-0.05, 0) is 79.6 Å². The third-order valence-electron chi connectivity index (χ3n) is 7.47. The number of ether oxygens (including phenoxy) is 2. The molecule has 3 aromatic carbocycles. The molecule has 3 heterocycles. The molecule has 1 aromatic heterocycles. The number of hydrogen-bond acceptors (Lipinski definition) is 7. The lowest BCUT2D eigenvalue weighted by Crippen LogP contribution is -2.39. The summed E-state index contributed by atoms with van der Waals surface area (Å²) < 4.78 is 13.1. The summed E-state index contributed by atoms with van der Waals surface area (Å²) in [4.78, 5) is 32.2. The van der Waals surface area contributed by atoms with Crippen molar-refractivity contribution >= 4 is 46.5 Å². The van der Waals surface area contributed by atoms with Gasteiger partial charge in [0.15, 0.2) is 5.17 Å². The van der Waals surface area contributed by atoms with Gasteiger partial charge in [0.2, 0.25) is 0 Å². The van der Waals surface area contributed by atoms with E-state index in [4.69, 9.17) is 26.2 Å². The van der Waals surface area contributed by atoms with Crippen molar-refractivity contribution in [3.05, 3.63) is 106 Å². The molecular weight excluding hydrogens is 596 g/mol. The second kappa shape index (κ2) is 13.5. The number of carbonyl (C=O) groups excluding carboxylic acids is 2. The van der Waals surface area contributed by atoms with Crippen molar-refractivity contribution in [2.24, 2.45) is 10.9 Å². The summed E-state index contributed by atoms with van der Waals surface area (Å²) in [6, 6.07) is 25.2. The van der Waals surface area contributed by atoms with Gasteiger partial charge in [0.25, 0.3) is 5.91 Å². The van der Waals surface area contributed by atoms with Crippen LogP contribution in [0, 0.1) is 5.92 Å². The number of piperidine rings is 1. The van der Waals surface area contributed by atoms with Crippen molar-refractivity contribution in [2.75, 3.05) is 19.7 Å². The zero-order chi connectivity index (χ0) is 30.5. The number of benzene rings is 3. The Kier molecular flexibility index (Phi) is 9.14. The first-order valence-electron chi connectivity index (χ1n) is 14.5. The van der Waals surface area contributed by atoms with Gasteiger partial charge in [0.1, 0.15) is 18.1 Å². The van der Waals surface area contributed by atoms with E-state index in [1.165, 1.54) is 11.8 Å². The normalized spacial score (nSPS) is 16.3. The first-order chi connectivity index (χ1) is 21.5. The van der Waals surface area contributed by atoms with Gasteiger partial charge in [-0.2, -0.15) is 10.1 Å². The Morgan fingerprint density at radius 2 is 1.82 bits per heavy atom. The van der Waals surface area contributed by atoms with E-state index >= 15 is 0 Å². The highest BCUT2D eigenvalue weighted by Gasteiger charge is 2.32. The molecule has 2 aliphatic rings. The molecule has 224 valence electrons. The Labute approximate surface area is 265 Å². The summed E-state index contributed by atoms with van der Waals surface area (Å²) in [6.45, 7) is 3.90. The molecule has 0 radical (unpaired) electrons. The summed E-state index contributed by atoms with van der Waals surface area (Å²) in [5.41, 5.74) is 4.28. The fraction of sp³-hybridized carbons (Fsp3) is 0.235. The molecule has 0 spiro atoms. The average Bonchev–Trinajstić information content (AvgIpc) is 3.65. The van der Waals surface area contributed by atoms with E-state index < -0.39 is 0 Å². The fourth-order valence-electron chi connectivity index (χ4n) is 5.15. The van der Waals surface area contributed by atoms with E-state index in [2.05, 4.69) is 9.89 Å². The van der Waals surface area contributed by atoms with Crippen molar-refractivity contribution in [1.82, 2.24) is 14.7 Å². The number of esters is 1. The lowest BCUT2D eigenvalue weighted by Gasteiger charge is -2.31. The van der Waals surface area contributed by atoms with Crippen molar-refractivity contribution in [3.8, 4) is 22.7 Å². The van der Waals surface area contributed by atoms with Crippen LogP contribution in [0.3, 0.4) is 0 Å². The maximum absolute atomic E-state index is 13.1.